The van der Waals surface area contributed by atoms with Crippen molar-refractivity contribution in [1.82, 2.24) is 5.32 Å². The Balaban J connectivity index is 2.06. The van der Waals surface area contributed by atoms with E-state index in [2.05, 4.69) is 21.2 Å². The van der Waals surface area contributed by atoms with Gasteiger partial charge in [0.15, 0.2) is 0 Å². The van der Waals surface area contributed by atoms with Gasteiger partial charge in [-0.25, -0.2) is 0 Å². The monoisotopic (exact) mass is 355 g/mol. The van der Waals surface area contributed by atoms with Crippen LogP contribution in [0.15, 0.2) is 28.7 Å². The number of carbonyl (C=O) groups is 2. The number of halogens is 1. The molecule has 114 valence electrons. The zero-order chi connectivity index (χ0) is 15.2. The van der Waals surface area contributed by atoms with Crippen LogP contribution in [0.25, 0.3) is 0 Å². The Hall–Kier alpha value is -1.40. The number of hydrogen-bond acceptors (Lipinski definition) is 3. The molecule has 0 spiro atoms. The van der Waals surface area contributed by atoms with Crippen LogP contribution in [-0.4, -0.2) is 29.7 Å². The van der Waals surface area contributed by atoms with Crippen LogP contribution in [0.1, 0.15) is 37.3 Å². The second kappa shape index (κ2) is 7.56. The van der Waals surface area contributed by atoms with Gasteiger partial charge in [-0.2, -0.15) is 0 Å². The molecule has 2 rings (SSSR count). The lowest BCUT2D eigenvalue weighted by Crippen LogP contribution is -2.40. The zero-order valence-electron chi connectivity index (χ0n) is 11.5. The number of nitrogens with one attached hydrogen (secondary N) is 1. The molecule has 1 amide bonds. The highest BCUT2D eigenvalue weighted by atomic mass is 79.9. The molecular formula is C15H18BrNO4. The van der Waals surface area contributed by atoms with E-state index in [0.29, 0.717) is 13.0 Å². The molecule has 2 N–H and O–H groups in total. The maximum Gasteiger partial charge on any atom is 0.305 e. The minimum Gasteiger partial charge on any atom is -0.481 e. The van der Waals surface area contributed by atoms with Crippen molar-refractivity contribution < 1.29 is 19.4 Å². The van der Waals surface area contributed by atoms with E-state index in [4.69, 9.17) is 9.84 Å². The van der Waals surface area contributed by atoms with E-state index in [0.717, 1.165) is 22.9 Å². The SMILES string of the molecule is O=C(O)CC(NC(=O)C1CCCCO1)c1ccc(Br)cc1. The Kier molecular flexibility index (Phi) is 5.76. The summed E-state index contributed by atoms with van der Waals surface area (Å²) in [5.41, 5.74) is 0.768. The average molecular weight is 356 g/mol. The van der Waals surface area contributed by atoms with Crippen LogP contribution in [0.3, 0.4) is 0 Å². The maximum atomic E-state index is 12.2. The fraction of sp³-hybridized carbons (Fsp3) is 0.467. The number of carboxylic acids is 1. The molecule has 1 aromatic carbocycles. The van der Waals surface area contributed by atoms with Crippen molar-refractivity contribution in [2.24, 2.45) is 0 Å². The molecule has 0 aliphatic carbocycles. The Morgan fingerprint density at radius 1 is 1.33 bits per heavy atom. The van der Waals surface area contributed by atoms with Gasteiger partial charge in [-0.15, -0.1) is 0 Å². The van der Waals surface area contributed by atoms with Gasteiger partial charge in [0.25, 0.3) is 0 Å². The van der Waals surface area contributed by atoms with Crippen molar-refractivity contribution in [2.45, 2.75) is 37.8 Å². The fourth-order valence-corrected chi connectivity index (χ4v) is 2.60. The molecule has 0 aromatic heterocycles. The third kappa shape index (κ3) is 4.82. The first kappa shape index (κ1) is 16.0. The number of aliphatic carboxylic acids is 1. The molecule has 1 fully saturated rings. The summed E-state index contributed by atoms with van der Waals surface area (Å²) in [4.78, 5) is 23.2. The maximum absolute atomic E-state index is 12.2. The second-order valence-electron chi connectivity index (χ2n) is 5.07. The summed E-state index contributed by atoms with van der Waals surface area (Å²) in [6.45, 7) is 0.583. The summed E-state index contributed by atoms with van der Waals surface area (Å²) in [6, 6.07) is 6.72. The Morgan fingerprint density at radius 2 is 2.05 bits per heavy atom. The number of carbonyl (C=O) groups excluding carboxylic acids is 1. The standard InChI is InChI=1S/C15H18BrNO4/c16-11-6-4-10(5-7-11)12(9-14(18)19)17-15(20)13-3-1-2-8-21-13/h4-7,12-13H,1-3,8-9H2,(H,17,20)(H,18,19). The van der Waals surface area contributed by atoms with Crippen molar-refractivity contribution in [3.8, 4) is 0 Å². The lowest BCUT2D eigenvalue weighted by molar-refractivity contribution is -0.139. The molecule has 0 bridgehead atoms. The van der Waals surface area contributed by atoms with Gasteiger partial charge in [0.2, 0.25) is 5.91 Å². The first-order chi connectivity index (χ1) is 10.1. The van der Waals surface area contributed by atoms with E-state index in [-0.39, 0.29) is 12.3 Å². The van der Waals surface area contributed by atoms with Gasteiger partial charge < -0.3 is 15.2 Å². The summed E-state index contributed by atoms with van der Waals surface area (Å²) < 4.78 is 6.34. The number of amides is 1. The molecule has 1 aliphatic heterocycles. The van der Waals surface area contributed by atoms with Crippen molar-refractivity contribution in [2.75, 3.05) is 6.61 Å². The molecule has 5 nitrogen and oxygen atoms in total. The lowest BCUT2D eigenvalue weighted by atomic mass is 10.0. The molecule has 0 saturated carbocycles. The molecule has 1 aromatic rings. The highest BCUT2D eigenvalue weighted by Gasteiger charge is 2.25. The van der Waals surface area contributed by atoms with Crippen LogP contribution in [0.4, 0.5) is 0 Å². The van der Waals surface area contributed by atoms with Crippen LogP contribution >= 0.6 is 15.9 Å². The first-order valence-electron chi connectivity index (χ1n) is 6.95. The lowest BCUT2D eigenvalue weighted by Gasteiger charge is -2.25. The number of benzene rings is 1. The molecular weight excluding hydrogens is 338 g/mol. The smallest absolute Gasteiger partial charge is 0.305 e. The molecule has 2 atom stereocenters. The van der Waals surface area contributed by atoms with E-state index in [1.165, 1.54) is 0 Å². The van der Waals surface area contributed by atoms with E-state index in [9.17, 15) is 9.59 Å². The second-order valence-corrected chi connectivity index (χ2v) is 5.98. The van der Waals surface area contributed by atoms with Crippen molar-refractivity contribution >= 4 is 27.8 Å². The van der Waals surface area contributed by atoms with Gasteiger partial charge in [0.05, 0.1) is 12.5 Å². The molecule has 2 unspecified atom stereocenters. The van der Waals surface area contributed by atoms with Crippen molar-refractivity contribution in [3.05, 3.63) is 34.3 Å². The molecule has 21 heavy (non-hydrogen) atoms. The van der Waals surface area contributed by atoms with E-state index in [1.807, 2.05) is 12.1 Å². The Bertz CT molecular complexity index is 497. The largest absolute Gasteiger partial charge is 0.481 e. The van der Waals surface area contributed by atoms with Gasteiger partial charge in [-0.3, -0.25) is 9.59 Å². The topological polar surface area (TPSA) is 75.6 Å². The summed E-state index contributed by atoms with van der Waals surface area (Å²) in [7, 11) is 0. The van der Waals surface area contributed by atoms with Crippen LogP contribution in [0.5, 0.6) is 0 Å². The fourth-order valence-electron chi connectivity index (χ4n) is 2.33. The van der Waals surface area contributed by atoms with Gasteiger partial charge >= 0.3 is 5.97 Å². The van der Waals surface area contributed by atoms with Crippen LogP contribution in [-0.2, 0) is 14.3 Å². The summed E-state index contributed by atoms with van der Waals surface area (Å²) in [5.74, 6) is -1.18. The third-order valence-corrected chi connectivity index (χ3v) is 3.97. The highest BCUT2D eigenvalue weighted by Crippen LogP contribution is 2.21. The minimum absolute atomic E-state index is 0.153. The van der Waals surface area contributed by atoms with Crippen LogP contribution in [0, 0.1) is 0 Å². The predicted molar refractivity (Wildman–Crippen MR) is 80.9 cm³/mol. The van der Waals surface area contributed by atoms with Gasteiger partial charge in [0, 0.05) is 11.1 Å². The van der Waals surface area contributed by atoms with E-state index in [1.54, 1.807) is 12.1 Å². The van der Waals surface area contributed by atoms with E-state index >= 15 is 0 Å². The summed E-state index contributed by atoms with van der Waals surface area (Å²) >= 11 is 3.34. The Labute approximate surface area is 131 Å². The highest BCUT2D eigenvalue weighted by molar-refractivity contribution is 9.10. The molecule has 1 heterocycles. The third-order valence-electron chi connectivity index (χ3n) is 3.44. The quantitative estimate of drug-likeness (QED) is 0.851. The average Bonchev–Trinajstić information content (AvgIpc) is 2.48. The molecule has 6 heteroatoms. The molecule has 1 aliphatic rings. The normalized spacial score (nSPS) is 19.8. The Morgan fingerprint density at radius 3 is 2.62 bits per heavy atom. The molecule has 1 saturated heterocycles. The molecule has 0 radical (unpaired) electrons. The summed E-state index contributed by atoms with van der Waals surface area (Å²) in [5, 5.41) is 11.8. The number of rotatable bonds is 5. The zero-order valence-corrected chi connectivity index (χ0v) is 13.1. The first-order valence-corrected chi connectivity index (χ1v) is 7.75. The minimum atomic E-state index is -0.951. The number of carboxylic acid groups (broad SMARTS) is 1. The number of ether oxygens (including phenoxy) is 1. The van der Waals surface area contributed by atoms with Gasteiger partial charge in [-0.1, -0.05) is 28.1 Å². The van der Waals surface area contributed by atoms with Crippen LogP contribution in [0.2, 0.25) is 0 Å². The van der Waals surface area contributed by atoms with Crippen LogP contribution < -0.4 is 5.32 Å². The van der Waals surface area contributed by atoms with E-state index < -0.39 is 18.1 Å². The van der Waals surface area contributed by atoms with Crippen molar-refractivity contribution in [1.29, 1.82) is 0 Å². The van der Waals surface area contributed by atoms with Gasteiger partial charge in [-0.05, 0) is 37.0 Å². The summed E-state index contributed by atoms with van der Waals surface area (Å²) in [6.07, 6.45) is 1.99. The van der Waals surface area contributed by atoms with Gasteiger partial charge in [0.1, 0.15) is 6.10 Å². The van der Waals surface area contributed by atoms with Crippen molar-refractivity contribution in [3.63, 3.8) is 0 Å². The number of hydrogen-bond donors (Lipinski definition) is 2. The predicted octanol–water partition coefficient (Wildman–Crippen LogP) is 2.65.